The van der Waals surface area contributed by atoms with Crippen LogP contribution >= 0.6 is 15.9 Å². The van der Waals surface area contributed by atoms with Crippen LogP contribution in [0.5, 0.6) is 5.75 Å². The highest BCUT2D eigenvalue weighted by molar-refractivity contribution is 9.10. The molecule has 1 aromatic heterocycles. The van der Waals surface area contributed by atoms with E-state index in [0.29, 0.717) is 19.6 Å². The number of nitrogens with zero attached hydrogens (tertiary/aromatic N) is 3. The number of hydrogen-bond acceptors (Lipinski definition) is 4. The number of carbonyl (C=O) groups is 1. The molecule has 0 unspecified atom stereocenters. The zero-order valence-electron chi connectivity index (χ0n) is 23.9. The minimum absolute atomic E-state index is 0.00442. The SMILES string of the molecule is CN(C)CCOc1cc(C(C)(C)C)ccc1-c1nn(Cc2ccccc2)c(-c2ccc(Br)cc2)c1CCC(=O)O. The fraction of sp³-hybridized carbons (Fsp3) is 0.333. The van der Waals surface area contributed by atoms with Crippen molar-refractivity contribution in [2.24, 2.45) is 0 Å². The first-order valence-corrected chi connectivity index (χ1v) is 14.4. The van der Waals surface area contributed by atoms with Crippen molar-refractivity contribution in [1.29, 1.82) is 0 Å². The standard InChI is InChI=1S/C33H38BrN3O3/c1-33(2,3)25-13-16-27(29(21-25)40-20-19-36(4)5)31-28(17-18-30(38)39)32(24-11-14-26(34)15-12-24)37(35-31)22-23-9-7-6-8-10-23/h6-16,21H,17-20,22H2,1-5H3,(H,38,39). The third kappa shape index (κ3) is 7.40. The molecule has 3 aromatic carbocycles. The summed E-state index contributed by atoms with van der Waals surface area (Å²) in [5.74, 6) is -0.0772. The summed E-state index contributed by atoms with van der Waals surface area (Å²) < 4.78 is 9.38. The van der Waals surface area contributed by atoms with E-state index < -0.39 is 5.97 Å². The topological polar surface area (TPSA) is 67.6 Å². The predicted molar refractivity (Wildman–Crippen MR) is 165 cm³/mol. The number of ether oxygens (including phenoxy) is 1. The Hall–Kier alpha value is -3.42. The Labute approximate surface area is 245 Å². The highest BCUT2D eigenvalue weighted by atomic mass is 79.9. The number of carboxylic acid groups (broad SMARTS) is 1. The summed E-state index contributed by atoms with van der Waals surface area (Å²) in [6.07, 6.45) is 0.355. The third-order valence-corrected chi connectivity index (χ3v) is 7.36. The van der Waals surface area contributed by atoms with Crippen LogP contribution in [0.15, 0.2) is 77.3 Å². The number of aromatic nitrogens is 2. The molecule has 0 aliphatic carbocycles. The Morgan fingerprint density at radius 2 is 1.73 bits per heavy atom. The van der Waals surface area contributed by atoms with Gasteiger partial charge in [0.2, 0.25) is 0 Å². The largest absolute Gasteiger partial charge is 0.492 e. The van der Waals surface area contributed by atoms with Gasteiger partial charge in [-0.1, -0.05) is 85.2 Å². The van der Waals surface area contributed by atoms with E-state index in [1.54, 1.807) is 0 Å². The fourth-order valence-electron chi connectivity index (χ4n) is 4.63. The van der Waals surface area contributed by atoms with Gasteiger partial charge >= 0.3 is 5.97 Å². The lowest BCUT2D eigenvalue weighted by atomic mass is 9.85. The van der Waals surface area contributed by atoms with Gasteiger partial charge in [0.1, 0.15) is 12.4 Å². The van der Waals surface area contributed by atoms with Crippen molar-refractivity contribution >= 4 is 21.9 Å². The Morgan fingerprint density at radius 3 is 2.35 bits per heavy atom. The van der Waals surface area contributed by atoms with E-state index in [1.165, 1.54) is 5.56 Å². The first kappa shape index (κ1) is 29.6. The molecule has 1 N–H and O–H groups in total. The zero-order chi connectivity index (χ0) is 28.9. The van der Waals surface area contributed by atoms with Crippen LogP contribution < -0.4 is 4.74 Å². The van der Waals surface area contributed by atoms with Crippen molar-refractivity contribution in [2.75, 3.05) is 27.2 Å². The lowest BCUT2D eigenvalue weighted by Gasteiger charge is -2.22. The Kier molecular flexibility index (Phi) is 9.48. The van der Waals surface area contributed by atoms with Gasteiger partial charge in [-0.3, -0.25) is 9.48 Å². The lowest BCUT2D eigenvalue weighted by Crippen LogP contribution is -2.20. The van der Waals surface area contributed by atoms with Crippen LogP contribution in [0.4, 0.5) is 0 Å². The van der Waals surface area contributed by atoms with Gasteiger partial charge in [-0.05, 0) is 61.3 Å². The van der Waals surface area contributed by atoms with Gasteiger partial charge in [0.05, 0.1) is 17.9 Å². The van der Waals surface area contributed by atoms with Gasteiger partial charge in [-0.15, -0.1) is 0 Å². The van der Waals surface area contributed by atoms with Crippen LogP contribution in [-0.4, -0.2) is 53.0 Å². The highest BCUT2D eigenvalue weighted by Crippen LogP contribution is 2.40. The summed E-state index contributed by atoms with van der Waals surface area (Å²) >= 11 is 3.55. The molecule has 0 radical (unpaired) electrons. The van der Waals surface area contributed by atoms with Crippen molar-refractivity contribution in [3.8, 4) is 28.3 Å². The quantitative estimate of drug-likeness (QED) is 0.195. The van der Waals surface area contributed by atoms with Gasteiger partial charge in [0.15, 0.2) is 0 Å². The Morgan fingerprint density at radius 1 is 1.02 bits per heavy atom. The predicted octanol–water partition coefficient (Wildman–Crippen LogP) is 7.28. The van der Waals surface area contributed by atoms with Crippen LogP contribution in [-0.2, 0) is 23.2 Å². The molecule has 4 aromatic rings. The number of carboxylic acids is 1. The van der Waals surface area contributed by atoms with E-state index in [9.17, 15) is 9.90 Å². The highest BCUT2D eigenvalue weighted by Gasteiger charge is 2.25. The molecular formula is C33H38BrN3O3. The number of rotatable bonds is 11. The maximum Gasteiger partial charge on any atom is 0.303 e. The summed E-state index contributed by atoms with van der Waals surface area (Å²) in [6.45, 7) is 8.42. The summed E-state index contributed by atoms with van der Waals surface area (Å²) in [6, 6.07) is 24.6. The van der Waals surface area contributed by atoms with E-state index in [1.807, 2.05) is 61.2 Å². The summed E-state index contributed by atoms with van der Waals surface area (Å²) in [5, 5.41) is 14.8. The number of benzene rings is 3. The summed E-state index contributed by atoms with van der Waals surface area (Å²) in [5.41, 5.74) is 6.67. The maximum absolute atomic E-state index is 11.8. The van der Waals surface area contributed by atoms with Gasteiger partial charge in [0.25, 0.3) is 0 Å². The molecule has 0 spiro atoms. The second-order valence-corrected chi connectivity index (χ2v) is 12.2. The van der Waals surface area contributed by atoms with E-state index in [0.717, 1.165) is 50.4 Å². The molecule has 0 saturated heterocycles. The Bertz CT molecular complexity index is 1440. The second kappa shape index (κ2) is 12.8. The molecule has 0 atom stereocenters. The second-order valence-electron chi connectivity index (χ2n) is 11.3. The average Bonchev–Trinajstić information content (AvgIpc) is 3.25. The zero-order valence-corrected chi connectivity index (χ0v) is 25.5. The fourth-order valence-corrected chi connectivity index (χ4v) is 4.89. The smallest absolute Gasteiger partial charge is 0.303 e. The molecule has 1 heterocycles. The van der Waals surface area contributed by atoms with E-state index in [-0.39, 0.29) is 11.8 Å². The molecular weight excluding hydrogens is 566 g/mol. The summed E-state index contributed by atoms with van der Waals surface area (Å²) in [4.78, 5) is 13.9. The molecule has 40 heavy (non-hydrogen) atoms. The van der Waals surface area contributed by atoms with E-state index in [2.05, 4.69) is 71.9 Å². The number of halogens is 1. The van der Waals surface area contributed by atoms with Gasteiger partial charge < -0.3 is 14.7 Å². The summed E-state index contributed by atoms with van der Waals surface area (Å²) in [7, 11) is 4.05. The van der Waals surface area contributed by atoms with Crippen molar-refractivity contribution < 1.29 is 14.6 Å². The van der Waals surface area contributed by atoms with Crippen LogP contribution in [0, 0.1) is 0 Å². The van der Waals surface area contributed by atoms with Gasteiger partial charge in [0, 0.05) is 34.1 Å². The molecule has 210 valence electrons. The molecule has 0 saturated carbocycles. The lowest BCUT2D eigenvalue weighted by molar-refractivity contribution is -0.136. The minimum Gasteiger partial charge on any atom is -0.492 e. The van der Waals surface area contributed by atoms with Gasteiger partial charge in [-0.2, -0.15) is 5.10 Å². The van der Waals surface area contributed by atoms with Crippen molar-refractivity contribution in [3.05, 3.63) is 94.0 Å². The number of hydrogen-bond donors (Lipinski definition) is 1. The molecule has 0 bridgehead atoms. The molecule has 7 heteroatoms. The number of likely N-dealkylation sites (N-methyl/N-ethyl adjacent to an activating group) is 1. The van der Waals surface area contributed by atoms with Crippen LogP contribution in [0.25, 0.3) is 22.5 Å². The monoisotopic (exact) mass is 603 g/mol. The minimum atomic E-state index is -0.839. The maximum atomic E-state index is 11.8. The average molecular weight is 605 g/mol. The van der Waals surface area contributed by atoms with Crippen LogP contribution in [0.2, 0.25) is 0 Å². The number of aliphatic carboxylic acids is 1. The third-order valence-electron chi connectivity index (χ3n) is 6.83. The molecule has 0 fully saturated rings. The van der Waals surface area contributed by atoms with Crippen molar-refractivity contribution in [2.45, 2.75) is 45.6 Å². The van der Waals surface area contributed by atoms with Crippen molar-refractivity contribution in [3.63, 3.8) is 0 Å². The Balaban J connectivity index is 1.94. The molecule has 0 amide bonds. The van der Waals surface area contributed by atoms with E-state index in [4.69, 9.17) is 9.84 Å². The molecule has 0 aliphatic heterocycles. The van der Waals surface area contributed by atoms with Crippen LogP contribution in [0.1, 0.15) is 43.9 Å². The first-order chi connectivity index (χ1) is 19.0. The molecule has 4 rings (SSSR count). The van der Waals surface area contributed by atoms with Gasteiger partial charge in [-0.25, -0.2) is 0 Å². The molecule has 0 aliphatic rings. The molecule has 6 nitrogen and oxygen atoms in total. The normalized spacial score (nSPS) is 11.7. The van der Waals surface area contributed by atoms with Crippen LogP contribution in [0.3, 0.4) is 0 Å². The van der Waals surface area contributed by atoms with E-state index >= 15 is 0 Å². The van der Waals surface area contributed by atoms with Crippen molar-refractivity contribution in [1.82, 2.24) is 14.7 Å². The first-order valence-electron chi connectivity index (χ1n) is 13.6.